The molecule has 0 saturated carbocycles. The number of nitrogens with one attached hydrogen (secondary N) is 1. The molecule has 5 heteroatoms. The van der Waals surface area contributed by atoms with Crippen LogP contribution in [0.25, 0.3) is 0 Å². The molecule has 0 atom stereocenters. The monoisotopic (exact) mass is 223 g/mol. The van der Waals surface area contributed by atoms with Gasteiger partial charge in [0.2, 0.25) is 0 Å². The molecule has 2 amide bonds. The van der Waals surface area contributed by atoms with Crippen LogP contribution in [-0.2, 0) is 6.54 Å². The van der Waals surface area contributed by atoms with Gasteiger partial charge in [0.15, 0.2) is 0 Å². The Labute approximate surface area is 94.9 Å². The van der Waals surface area contributed by atoms with Crippen molar-refractivity contribution < 1.29 is 9.90 Å². The second-order valence-corrected chi connectivity index (χ2v) is 3.56. The molecule has 0 bridgehead atoms. The van der Waals surface area contributed by atoms with E-state index in [1.54, 1.807) is 24.1 Å². The van der Waals surface area contributed by atoms with Crippen LogP contribution in [0.5, 0.6) is 5.75 Å². The molecular formula is C11H17N3O2. The molecule has 0 heterocycles. The number of rotatable bonds is 3. The van der Waals surface area contributed by atoms with E-state index in [9.17, 15) is 9.90 Å². The maximum Gasteiger partial charge on any atom is 0.317 e. The van der Waals surface area contributed by atoms with Gasteiger partial charge in [-0.1, -0.05) is 0 Å². The summed E-state index contributed by atoms with van der Waals surface area (Å²) in [5.41, 5.74) is 6.76. The van der Waals surface area contributed by atoms with Crippen LogP contribution in [0.15, 0.2) is 18.2 Å². The van der Waals surface area contributed by atoms with E-state index in [0.717, 1.165) is 0 Å². The van der Waals surface area contributed by atoms with E-state index in [0.29, 0.717) is 17.8 Å². The summed E-state index contributed by atoms with van der Waals surface area (Å²) in [5.74, 6) is 0.133. The average molecular weight is 223 g/mol. The van der Waals surface area contributed by atoms with Crippen LogP contribution in [0.3, 0.4) is 0 Å². The molecule has 1 aromatic carbocycles. The van der Waals surface area contributed by atoms with Gasteiger partial charge in [-0.15, -0.1) is 0 Å². The number of nitrogens with zero attached hydrogens (tertiary/aromatic N) is 1. The summed E-state index contributed by atoms with van der Waals surface area (Å²) >= 11 is 0. The second kappa shape index (κ2) is 5.25. The molecule has 88 valence electrons. The summed E-state index contributed by atoms with van der Waals surface area (Å²) in [5, 5.41) is 12.2. The number of anilines is 1. The van der Waals surface area contributed by atoms with Crippen molar-refractivity contribution in [2.45, 2.75) is 13.5 Å². The summed E-state index contributed by atoms with van der Waals surface area (Å²) in [6.45, 7) is 2.78. The van der Waals surface area contributed by atoms with Crippen molar-refractivity contribution in [1.29, 1.82) is 0 Å². The molecule has 5 nitrogen and oxygen atoms in total. The number of nitrogens with two attached hydrogens (primary N) is 1. The Morgan fingerprint density at radius 2 is 2.25 bits per heavy atom. The molecule has 1 aromatic rings. The van der Waals surface area contributed by atoms with E-state index in [-0.39, 0.29) is 18.3 Å². The quantitative estimate of drug-likeness (QED) is 0.531. The molecule has 0 saturated heterocycles. The smallest absolute Gasteiger partial charge is 0.317 e. The van der Waals surface area contributed by atoms with Crippen molar-refractivity contribution in [1.82, 2.24) is 10.2 Å². The zero-order valence-corrected chi connectivity index (χ0v) is 9.53. The molecule has 0 radical (unpaired) electrons. The maximum atomic E-state index is 11.4. The first-order valence-electron chi connectivity index (χ1n) is 5.11. The summed E-state index contributed by atoms with van der Waals surface area (Å²) in [7, 11) is 1.70. The first-order valence-corrected chi connectivity index (χ1v) is 5.11. The zero-order valence-electron chi connectivity index (χ0n) is 9.53. The van der Waals surface area contributed by atoms with E-state index in [1.165, 1.54) is 6.07 Å². The van der Waals surface area contributed by atoms with Crippen molar-refractivity contribution in [3.05, 3.63) is 23.8 Å². The minimum Gasteiger partial charge on any atom is -0.508 e. The number of hydrogen-bond donors (Lipinski definition) is 3. The van der Waals surface area contributed by atoms with E-state index >= 15 is 0 Å². The van der Waals surface area contributed by atoms with Crippen molar-refractivity contribution in [3.63, 3.8) is 0 Å². The Morgan fingerprint density at radius 3 is 2.88 bits per heavy atom. The number of phenolic OH excluding ortho intramolecular Hbond substituents is 1. The SMILES string of the molecule is CCN(C)C(=O)NCc1cc(N)ccc1O. The van der Waals surface area contributed by atoms with Crippen LogP contribution in [-0.4, -0.2) is 29.6 Å². The molecule has 0 aliphatic carbocycles. The lowest BCUT2D eigenvalue weighted by atomic mass is 10.2. The summed E-state index contributed by atoms with van der Waals surface area (Å²) in [4.78, 5) is 13.0. The van der Waals surface area contributed by atoms with Crippen LogP contribution in [0.2, 0.25) is 0 Å². The molecule has 0 aliphatic heterocycles. The minimum absolute atomic E-state index is 0.133. The Hall–Kier alpha value is -1.91. The molecule has 4 N–H and O–H groups in total. The third-order valence-corrected chi connectivity index (χ3v) is 2.35. The lowest BCUT2D eigenvalue weighted by Gasteiger charge is -2.15. The highest BCUT2D eigenvalue weighted by molar-refractivity contribution is 5.73. The number of urea groups is 1. The number of benzene rings is 1. The molecule has 0 aliphatic rings. The molecule has 0 unspecified atom stereocenters. The highest BCUT2D eigenvalue weighted by Crippen LogP contribution is 2.19. The van der Waals surface area contributed by atoms with E-state index in [2.05, 4.69) is 5.32 Å². The Balaban J connectivity index is 2.61. The standard InChI is InChI=1S/C11H17N3O2/c1-3-14(2)11(16)13-7-8-6-9(12)4-5-10(8)15/h4-6,15H,3,7,12H2,1-2H3,(H,13,16). The summed E-state index contributed by atoms with van der Waals surface area (Å²) in [6, 6.07) is 4.59. The maximum absolute atomic E-state index is 11.4. The molecule has 0 fully saturated rings. The normalized spacial score (nSPS) is 9.88. The number of carbonyl (C=O) groups is 1. The van der Waals surface area contributed by atoms with Crippen molar-refractivity contribution in [2.75, 3.05) is 19.3 Å². The summed E-state index contributed by atoms with van der Waals surface area (Å²) < 4.78 is 0. The van der Waals surface area contributed by atoms with Crippen LogP contribution in [0.1, 0.15) is 12.5 Å². The zero-order chi connectivity index (χ0) is 12.1. The van der Waals surface area contributed by atoms with Crippen LogP contribution in [0, 0.1) is 0 Å². The molecular weight excluding hydrogens is 206 g/mol. The lowest BCUT2D eigenvalue weighted by molar-refractivity contribution is 0.210. The fourth-order valence-corrected chi connectivity index (χ4v) is 1.20. The van der Waals surface area contributed by atoms with Gasteiger partial charge in [-0.2, -0.15) is 0 Å². The largest absolute Gasteiger partial charge is 0.508 e. The van der Waals surface area contributed by atoms with Gasteiger partial charge in [-0.05, 0) is 25.1 Å². The Kier molecular flexibility index (Phi) is 3.99. The third kappa shape index (κ3) is 3.05. The lowest BCUT2D eigenvalue weighted by Crippen LogP contribution is -2.36. The highest BCUT2D eigenvalue weighted by atomic mass is 16.3. The molecule has 16 heavy (non-hydrogen) atoms. The topological polar surface area (TPSA) is 78.6 Å². The molecule has 1 rings (SSSR count). The van der Waals surface area contributed by atoms with Gasteiger partial charge in [0.1, 0.15) is 5.75 Å². The highest BCUT2D eigenvalue weighted by Gasteiger charge is 2.07. The minimum atomic E-state index is -0.177. The number of hydrogen-bond acceptors (Lipinski definition) is 3. The van der Waals surface area contributed by atoms with Gasteiger partial charge in [-0.3, -0.25) is 0 Å². The van der Waals surface area contributed by atoms with Gasteiger partial charge in [0.25, 0.3) is 0 Å². The first-order chi connectivity index (χ1) is 7.54. The number of amides is 2. The van der Waals surface area contributed by atoms with Gasteiger partial charge in [-0.25, -0.2) is 4.79 Å². The molecule has 0 aromatic heterocycles. The molecule has 0 spiro atoms. The fraction of sp³-hybridized carbons (Fsp3) is 0.364. The van der Waals surface area contributed by atoms with Gasteiger partial charge < -0.3 is 21.1 Å². The predicted molar refractivity (Wildman–Crippen MR) is 63.1 cm³/mol. The van der Waals surface area contributed by atoms with Crippen molar-refractivity contribution >= 4 is 11.7 Å². The van der Waals surface area contributed by atoms with Gasteiger partial charge in [0, 0.05) is 31.4 Å². The van der Waals surface area contributed by atoms with E-state index < -0.39 is 0 Å². The average Bonchev–Trinajstić information content (AvgIpc) is 2.28. The van der Waals surface area contributed by atoms with Gasteiger partial charge >= 0.3 is 6.03 Å². The third-order valence-electron chi connectivity index (χ3n) is 2.35. The van der Waals surface area contributed by atoms with Crippen molar-refractivity contribution in [3.8, 4) is 5.75 Å². The van der Waals surface area contributed by atoms with Crippen molar-refractivity contribution in [2.24, 2.45) is 0 Å². The van der Waals surface area contributed by atoms with Crippen LogP contribution < -0.4 is 11.1 Å². The first kappa shape index (κ1) is 12.2. The fourth-order valence-electron chi connectivity index (χ4n) is 1.20. The predicted octanol–water partition coefficient (Wildman–Crippen LogP) is 1.14. The van der Waals surface area contributed by atoms with Crippen LogP contribution in [0.4, 0.5) is 10.5 Å². The van der Waals surface area contributed by atoms with Gasteiger partial charge in [0.05, 0.1) is 0 Å². The Morgan fingerprint density at radius 1 is 1.56 bits per heavy atom. The number of aromatic hydroxyl groups is 1. The number of phenols is 1. The number of nitrogen functional groups attached to an aromatic ring is 1. The number of carbonyl (C=O) groups excluding carboxylic acids is 1. The second-order valence-electron chi connectivity index (χ2n) is 3.56. The van der Waals surface area contributed by atoms with E-state index in [4.69, 9.17) is 5.73 Å². The van der Waals surface area contributed by atoms with Crippen LogP contribution >= 0.6 is 0 Å². The van der Waals surface area contributed by atoms with E-state index in [1.807, 2.05) is 6.92 Å². The Bertz CT molecular complexity index is 379. The summed E-state index contributed by atoms with van der Waals surface area (Å²) in [6.07, 6.45) is 0.